The molecular formula is C10H16N6O2. The Labute approximate surface area is 104 Å². The maximum atomic E-state index is 11.8. The van der Waals surface area contributed by atoms with Crippen LogP contribution >= 0.6 is 0 Å². The van der Waals surface area contributed by atoms with Gasteiger partial charge < -0.3 is 20.4 Å². The van der Waals surface area contributed by atoms with Gasteiger partial charge in [0.05, 0.1) is 7.11 Å². The first kappa shape index (κ1) is 12.4. The van der Waals surface area contributed by atoms with E-state index in [1.807, 2.05) is 0 Å². The van der Waals surface area contributed by atoms with E-state index in [1.165, 1.54) is 13.4 Å². The minimum absolute atomic E-state index is 0.0397. The third-order valence-corrected chi connectivity index (χ3v) is 2.88. The zero-order valence-electron chi connectivity index (χ0n) is 10.3. The second kappa shape index (κ2) is 5.05. The number of hydrazine groups is 1. The third-order valence-electron chi connectivity index (χ3n) is 2.88. The number of likely N-dealkylation sites (N-methyl/N-ethyl adjacent to an activating group) is 1. The summed E-state index contributed by atoms with van der Waals surface area (Å²) in [6.45, 7) is 0.728. The van der Waals surface area contributed by atoms with E-state index in [9.17, 15) is 4.79 Å². The molecule has 1 atom stereocenters. The fraction of sp³-hybridized carbons (Fsp3) is 0.500. The van der Waals surface area contributed by atoms with Gasteiger partial charge in [0, 0.05) is 13.6 Å². The topological polar surface area (TPSA) is 105 Å². The lowest BCUT2D eigenvalue weighted by atomic mass is 10.2. The number of hydrogen-bond acceptors (Lipinski definition) is 7. The van der Waals surface area contributed by atoms with Gasteiger partial charge >= 0.3 is 0 Å². The molecule has 4 N–H and O–H groups in total. The van der Waals surface area contributed by atoms with Crippen molar-refractivity contribution >= 4 is 17.5 Å². The molecule has 0 spiro atoms. The van der Waals surface area contributed by atoms with E-state index in [1.54, 1.807) is 11.9 Å². The number of ether oxygens (including phenoxy) is 1. The van der Waals surface area contributed by atoms with Crippen LogP contribution in [0.4, 0.5) is 11.6 Å². The molecule has 1 aromatic rings. The molecule has 2 rings (SSSR count). The van der Waals surface area contributed by atoms with Crippen molar-refractivity contribution in [2.24, 2.45) is 5.84 Å². The van der Waals surface area contributed by atoms with Gasteiger partial charge in [0.15, 0.2) is 11.6 Å². The zero-order chi connectivity index (χ0) is 13.1. The van der Waals surface area contributed by atoms with Crippen LogP contribution in [-0.4, -0.2) is 47.5 Å². The number of aromatic nitrogens is 2. The van der Waals surface area contributed by atoms with E-state index in [4.69, 9.17) is 10.6 Å². The average Bonchev–Trinajstić information content (AvgIpc) is 2.70. The summed E-state index contributed by atoms with van der Waals surface area (Å²) < 4.78 is 5.18. The van der Waals surface area contributed by atoms with Gasteiger partial charge in [-0.25, -0.2) is 15.8 Å². The summed E-state index contributed by atoms with van der Waals surface area (Å²) in [6, 6.07) is -0.288. The Hall–Kier alpha value is -2.09. The summed E-state index contributed by atoms with van der Waals surface area (Å²) in [7, 11) is 3.27. The van der Waals surface area contributed by atoms with Crippen molar-refractivity contribution in [1.82, 2.24) is 14.9 Å². The van der Waals surface area contributed by atoms with Gasteiger partial charge in [0.1, 0.15) is 12.4 Å². The first-order valence-corrected chi connectivity index (χ1v) is 5.54. The van der Waals surface area contributed by atoms with Crippen molar-refractivity contribution in [2.75, 3.05) is 31.4 Å². The van der Waals surface area contributed by atoms with Crippen LogP contribution in [0.2, 0.25) is 0 Å². The number of nitrogens with one attached hydrogen (secondary N) is 2. The van der Waals surface area contributed by atoms with Gasteiger partial charge in [-0.3, -0.25) is 4.79 Å². The molecular weight excluding hydrogens is 236 g/mol. The van der Waals surface area contributed by atoms with Gasteiger partial charge in [-0.15, -0.1) is 0 Å². The predicted molar refractivity (Wildman–Crippen MR) is 66.1 cm³/mol. The highest BCUT2D eigenvalue weighted by Crippen LogP contribution is 2.29. The second-order valence-electron chi connectivity index (χ2n) is 3.99. The van der Waals surface area contributed by atoms with Crippen molar-refractivity contribution < 1.29 is 9.53 Å². The summed E-state index contributed by atoms with van der Waals surface area (Å²) in [5, 5.41) is 3.05. The van der Waals surface area contributed by atoms with E-state index in [-0.39, 0.29) is 11.9 Å². The molecule has 1 saturated heterocycles. The minimum Gasteiger partial charge on any atom is -0.490 e. The van der Waals surface area contributed by atoms with Crippen LogP contribution in [0.25, 0.3) is 0 Å². The Morgan fingerprint density at radius 1 is 1.50 bits per heavy atom. The average molecular weight is 252 g/mol. The summed E-state index contributed by atoms with van der Waals surface area (Å²) in [5.74, 6) is 6.58. The largest absolute Gasteiger partial charge is 0.490 e. The van der Waals surface area contributed by atoms with Crippen LogP contribution in [0.1, 0.15) is 6.42 Å². The molecule has 18 heavy (non-hydrogen) atoms. The Bertz CT molecular complexity index is 452. The Balaban J connectivity index is 2.21. The number of carbonyl (C=O) groups excluding carboxylic acids is 1. The molecule has 0 radical (unpaired) electrons. The van der Waals surface area contributed by atoms with Crippen molar-refractivity contribution in [3.8, 4) is 5.75 Å². The molecule has 0 bridgehead atoms. The minimum atomic E-state index is -0.288. The molecule has 0 saturated carbocycles. The second-order valence-corrected chi connectivity index (χ2v) is 3.99. The van der Waals surface area contributed by atoms with Crippen LogP contribution in [0.15, 0.2) is 6.33 Å². The first-order valence-electron chi connectivity index (χ1n) is 5.54. The number of carbonyl (C=O) groups is 1. The maximum absolute atomic E-state index is 11.8. The maximum Gasteiger partial charge on any atom is 0.244 e. The fourth-order valence-electron chi connectivity index (χ4n) is 1.89. The molecule has 0 aliphatic carbocycles. The molecule has 8 nitrogen and oxygen atoms in total. The number of anilines is 2. The summed E-state index contributed by atoms with van der Waals surface area (Å²) in [4.78, 5) is 21.5. The zero-order valence-corrected chi connectivity index (χ0v) is 10.3. The number of rotatable bonds is 4. The number of nitrogens with zero attached hydrogens (tertiary/aromatic N) is 3. The fourth-order valence-corrected chi connectivity index (χ4v) is 1.89. The van der Waals surface area contributed by atoms with Crippen LogP contribution in [0.5, 0.6) is 5.75 Å². The Morgan fingerprint density at radius 3 is 2.78 bits per heavy atom. The quantitative estimate of drug-likeness (QED) is 0.486. The van der Waals surface area contributed by atoms with Gasteiger partial charge in [0.25, 0.3) is 0 Å². The monoisotopic (exact) mass is 252 g/mol. The molecule has 2 heterocycles. The van der Waals surface area contributed by atoms with Crippen molar-refractivity contribution in [2.45, 2.75) is 12.5 Å². The SMILES string of the molecule is COc1c(NN)ncnc1NC1CCN(C)C1=O. The van der Waals surface area contributed by atoms with Gasteiger partial charge in [-0.05, 0) is 6.42 Å². The number of nitrogen functional groups attached to an aromatic ring is 1. The highest BCUT2D eigenvalue weighted by Gasteiger charge is 2.30. The Kier molecular flexibility index (Phi) is 3.47. The van der Waals surface area contributed by atoms with Gasteiger partial charge in [0.2, 0.25) is 11.7 Å². The molecule has 98 valence electrons. The molecule has 0 aromatic carbocycles. The molecule has 1 aliphatic rings. The number of nitrogens with two attached hydrogens (primary N) is 1. The van der Waals surface area contributed by atoms with Gasteiger partial charge in [-0.2, -0.15) is 0 Å². The standard InChI is InChI=1S/C10H16N6O2/c1-16-4-3-6(10(16)17)14-8-7(18-2)9(15-11)13-5-12-8/h5-6H,3-4,11H2,1-2H3,(H2,12,13,14,15). The van der Waals surface area contributed by atoms with E-state index in [2.05, 4.69) is 20.7 Å². The summed E-state index contributed by atoms with van der Waals surface area (Å²) >= 11 is 0. The van der Waals surface area contributed by atoms with Crippen molar-refractivity contribution in [3.63, 3.8) is 0 Å². The Morgan fingerprint density at radius 2 is 2.22 bits per heavy atom. The lowest BCUT2D eigenvalue weighted by Gasteiger charge is -2.16. The lowest BCUT2D eigenvalue weighted by molar-refractivity contribution is -0.127. The van der Waals surface area contributed by atoms with E-state index < -0.39 is 0 Å². The van der Waals surface area contributed by atoms with Crippen LogP contribution in [-0.2, 0) is 4.79 Å². The van der Waals surface area contributed by atoms with E-state index >= 15 is 0 Å². The first-order chi connectivity index (χ1) is 8.67. The molecule has 1 aromatic heterocycles. The number of amides is 1. The normalized spacial score (nSPS) is 18.9. The van der Waals surface area contributed by atoms with Crippen LogP contribution < -0.4 is 21.3 Å². The van der Waals surface area contributed by atoms with Crippen molar-refractivity contribution in [3.05, 3.63) is 6.33 Å². The molecule has 1 aliphatic heterocycles. The molecule has 1 unspecified atom stereocenters. The molecule has 8 heteroatoms. The smallest absolute Gasteiger partial charge is 0.244 e. The third kappa shape index (κ3) is 2.14. The molecule has 1 amide bonds. The predicted octanol–water partition coefficient (Wildman–Crippen LogP) is -0.587. The summed E-state index contributed by atoms with van der Waals surface area (Å²) in [6.07, 6.45) is 2.08. The number of methoxy groups -OCH3 is 1. The highest BCUT2D eigenvalue weighted by atomic mass is 16.5. The molecule has 1 fully saturated rings. The van der Waals surface area contributed by atoms with Crippen LogP contribution in [0.3, 0.4) is 0 Å². The number of likely N-dealkylation sites (tertiary alicyclic amines) is 1. The van der Waals surface area contributed by atoms with E-state index in [0.717, 1.165) is 13.0 Å². The van der Waals surface area contributed by atoms with Crippen LogP contribution in [0, 0.1) is 0 Å². The highest BCUT2D eigenvalue weighted by molar-refractivity contribution is 5.86. The number of hydrogen-bond donors (Lipinski definition) is 3. The lowest BCUT2D eigenvalue weighted by Crippen LogP contribution is -2.31. The summed E-state index contributed by atoms with van der Waals surface area (Å²) in [5.41, 5.74) is 2.42. The van der Waals surface area contributed by atoms with Crippen molar-refractivity contribution in [1.29, 1.82) is 0 Å². The van der Waals surface area contributed by atoms with Gasteiger partial charge in [-0.1, -0.05) is 0 Å². The van der Waals surface area contributed by atoms with E-state index in [0.29, 0.717) is 17.4 Å².